The molecule has 0 spiro atoms. The first-order valence-electron chi connectivity index (χ1n) is 8.74. The van der Waals surface area contributed by atoms with Crippen LogP contribution >= 0.6 is 0 Å². The number of urea groups is 1. The summed E-state index contributed by atoms with van der Waals surface area (Å²) >= 11 is 0. The quantitative estimate of drug-likeness (QED) is 0.825. The van der Waals surface area contributed by atoms with E-state index in [0.29, 0.717) is 41.5 Å². The molecule has 3 rings (SSSR count). The van der Waals surface area contributed by atoms with Gasteiger partial charge in [0.1, 0.15) is 0 Å². The molecule has 0 aliphatic carbocycles. The van der Waals surface area contributed by atoms with Gasteiger partial charge in [-0.1, -0.05) is 0 Å². The van der Waals surface area contributed by atoms with Crippen LogP contribution in [0.4, 0.5) is 21.9 Å². The van der Waals surface area contributed by atoms with Gasteiger partial charge < -0.3 is 29.7 Å². The molecule has 148 valence electrons. The van der Waals surface area contributed by atoms with E-state index < -0.39 is 6.03 Å². The van der Waals surface area contributed by atoms with Crippen LogP contribution < -0.4 is 29.7 Å². The highest BCUT2D eigenvalue weighted by Gasteiger charge is 2.21. The van der Waals surface area contributed by atoms with Gasteiger partial charge in [-0.3, -0.25) is 4.79 Å². The molecule has 2 aromatic carbocycles. The van der Waals surface area contributed by atoms with Crippen molar-refractivity contribution in [2.75, 3.05) is 43.9 Å². The maximum Gasteiger partial charge on any atom is 0.323 e. The fourth-order valence-electron chi connectivity index (χ4n) is 3.18. The van der Waals surface area contributed by atoms with Gasteiger partial charge in [-0.25, -0.2) is 4.79 Å². The van der Waals surface area contributed by atoms with Crippen molar-refractivity contribution in [3.05, 3.63) is 35.9 Å². The highest BCUT2D eigenvalue weighted by atomic mass is 16.5. The number of methoxy groups -OCH3 is 3. The zero-order chi connectivity index (χ0) is 20.3. The van der Waals surface area contributed by atoms with Crippen LogP contribution in [-0.2, 0) is 11.2 Å². The summed E-state index contributed by atoms with van der Waals surface area (Å²) in [5, 5.41) is 5.56. The second-order valence-corrected chi connectivity index (χ2v) is 6.29. The molecule has 8 heteroatoms. The summed E-state index contributed by atoms with van der Waals surface area (Å²) in [5.74, 6) is 1.43. The number of carbonyl (C=O) groups excluding carboxylic acids is 2. The Balaban J connectivity index is 1.75. The Labute approximate surface area is 163 Å². The molecular weight excluding hydrogens is 362 g/mol. The lowest BCUT2D eigenvalue weighted by Gasteiger charge is -2.26. The van der Waals surface area contributed by atoms with Crippen LogP contribution in [-0.4, -0.2) is 40.3 Å². The summed E-state index contributed by atoms with van der Waals surface area (Å²) in [4.78, 5) is 25.8. The number of benzene rings is 2. The zero-order valence-electron chi connectivity index (χ0n) is 16.3. The number of hydrogen-bond donors (Lipinski definition) is 2. The summed E-state index contributed by atoms with van der Waals surface area (Å²) in [6.45, 7) is 0. The fourth-order valence-corrected chi connectivity index (χ4v) is 3.18. The molecular formula is C20H23N3O5. The minimum absolute atomic E-state index is 0.0911. The standard InChI is InChI=1S/C20H23N3O5/c1-23-15-7-6-13(9-12(15)5-8-18(23)24)21-20(25)22-14-10-16(26-2)19(28-4)17(11-14)27-3/h6-7,9-11H,5,8H2,1-4H3,(H2,21,22,25). The number of nitrogens with one attached hydrogen (secondary N) is 2. The number of carbonyl (C=O) groups is 2. The highest BCUT2D eigenvalue weighted by molar-refractivity contribution is 6.01. The van der Waals surface area contributed by atoms with E-state index in [9.17, 15) is 9.59 Å². The maximum atomic E-state index is 12.4. The van der Waals surface area contributed by atoms with E-state index in [1.807, 2.05) is 12.1 Å². The average Bonchev–Trinajstić information content (AvgIpc) is 2.69. The van der Waals surface area contributed by atoms with Gasteiger partial charge in [-0.2, -0.15) is 0 Å². The highest BCUT2D eigenvalue weighted by Crippen LogP contribution is 2.40. The molecule has 2 aromatic rings. The van der Waals surface area contributed by atoms with Crippen LogP contribution in [0.15, 0.2) is 30.3 Å². The molecule has 0 radical (unpaired) electrons. The molecule has 0 saturated carbocycles. The Kier molecular flexibility index (Phi) is 5.58. The van der Waals surface area contributed by atoms with Gasteiger partial charge in [0.15, 0.2) is 11.5 Å². The van der Waals surface area contributed by atoms with Crippen molar-refractivity contribution in [2.24, 2.45) is 0 Å². The van der Waals surface area contributed by atoms with E-state index in [-0.39, 0.29) is 5.91 Å². The van der Waals surface area contributed by atoms with E-state index in [4.69, 9.17) is 14.2 Å². The van der Waals surface area contributed by atoms with E-state index in [1.54, 1.807) is 30.1 Å². The van der Waals surface area contributed by atoms with Crippen LogP contribution in [0.5, 0.6) is 17.2 Å². The molecule has 0 atom stereocenters. The minimum atomic E-state index is -0.408. The van der Waals surface area contributed by atoms with Crippen molar-refractivity contribution in [1.29, 1.82) is 0 Å². The van der Waals surface area contributed by atoms with Gasteiger partial charge in [0.05, 0.1) is 27.0 Å². The Morgan fingerprint density at radius 2 is 1.57 bits per heavy atom. The van der Waals surface area contributed by atoms with Gasteiger partial charge in [0.2, 0.25) is 11.7 Å². The van der Waals surface area contributed by atoms with Gasteiger partial charge in [-0.05, 0) is 30.2 Å². The van der Waals surface area contributed by atoms with Crippen LogP contribution in [0.1, 0.15) is 12.0 Å². The number of rotatable bonds is 5. The first-order chi connectivity index (χ1) is 13.5. The second kappa shape index (κ2) is 8.08. The normalized spacial score (nSPS) is 12.9. The third-order valence-corrected chi connectivity index (χ3v) is 4.60. The molecule has 0 saturated heterocycles. The lowest BCUT2D eigenvalue weighted by molar-refractivity contribution is -0.118. The topological polar surface area (TPSA) is 89.1 Å². The molecule has 1 aliphatic heterocycles. The minimum Gasteiger partial charge on any atom is -0.493 e. The van der Waals surface area contributed by atoms with E-state index in [1.165, 1.54) is 21.3 Å². The molecule has 0 aromatic heterocycles. The number of hydrogen-bond acceptors (Lipinski definition) is 5. The number of amides is 3. The molecule has 1 aliphatic rings. The number of anilines is 3. The van der Waals surface area contributed by atoms with Crippen LogP contribution in [0.2, 0.25) is 0 Å². The Morgan fingerprint density at radius 1 is 0.929 bits per heavy atom. The Hall–Kier alpha value is -3.42. The van der Waals surface area contributed by atoms with Crippen LogP contribution in [0.25, 0.3) is 0 Å². The largest absolute Gasteiger partial charge is 0.493 e. The number of ether oxygens (including phenoxy) is 3. The molecule has 3 amide bonds. The number of fused-ring (bicyclic) bond motifs is 1. The van der Waals surface area contributed by atoms with E-state index in [2.05, 4.69) is 10.6 Å². The van der Waals surface area contributed by atoms with Gasteiger partial charge in [0.25, 0.3) is 0 Å². The Morgan fingerprint density at radius 3 is 2.18 bits per heavy atom. The molecule has 8 nitrogen and oxygen atoms in total. The summed E-state index contributed by atoms with van der Waals surface area (Å²) in [5.41, 5.74) is 3.03. The zero-order valence-corrected chi connectivity index (χ0v) is 16.3. The average molecular weight is 385 g/mol. The van der Waals surface area contributed by atoms with Gasteiger partial charge in [0, 0.05) is 37.0 Å². The molecule has 2 N–H and O–H groups in total. The molecule has 0 bridgehead atoms. The van der Waals surface area contributed by atoms with Crippen molar-refractivity contribution in [3.8, 4) is 17.2 Å². The number of aryl methyl sites for hydroxylation is 1. The van der Waals surface area contributed by atoms with Crippen molar-refractivity contribution in [1.82, 2.24) is 0 Å². The summed E-state index contributed by atoms with van der Waals surface area (Å²) < 4.78 is 15.9. The van der Waals surface area contributed by atoms with Gasteiger partial charge >= 0.3 is 6.03 Å². The SMILES string of the molecule is COc1cc(NC(=O)Nc2ccc3c(c2)CCC(=O)N3C)cc(OC)c1OC. The smallest absolute Gasteiger partial charge is 0.323 e. The first kappa shape index (κ1) is 19.3. The van der Waals surface area contributed by atoms with E-state index in [0.717, 1.165) is 11.3 Å². The van der Waals surface area contributed by atoms with Gasteiger partial charge in [-0.15, -0.1) is 0 Å². The second-order valence-electron chi connectivity index (χ2n) is 6.29. The monoisotopic (exact) mass is 385 g/mol. The van der Waals surface area contributed by atoms with E-state index >= 15 is 0 Å². The summed E-state index contributed by atoms with van der Waals surface area (Å²) in [7, 11) is 6.29. The van der Waals surface area contributed by atoms with Crippen molar-refractivity contribution in [2.45, 2.75) is 12.8 Å². The third-order valence-electron chi connectivity index (χ3n) is 4.60. The lowest BCUT2D eigenvalue weighted by atomic mass is 10.0. The van der Waals surface area contributed by atoms with Crippen LogP contribution in [0, 0.1) is 0 Å². The molecule has 28 heavy (non-hydrogen) atoms. The predicted octanol–water partition coefficient (Wildman–Crippen LogP) is 3.27. The van der Waals surface area contributed by atoms with Crippen molar-refractivity contribution < 1.29 is 23.8 Å². The van der Waals surface area contributed by atoms with Crippen molar-refractivity contribution in [3.63, 3.8) is 0 Å². The molecule has 0 fully saturated rings. The predicted molar refractivity (Wildman–Crippen MR) is 107 cm³/mol. The van der Waals surface area contributed by atoms with Crippen molar-refractivity contribution >= 4 is 29.0 Å². The lowest BCUT2D eigenvalue weighted by Crippen LogP contribution is -2.31. The molecule has 1 heterocycles. The van der Waals surface area contributed by atoms with Crippen LogP contribution in [0.3, 0.4) is 0 Å². The number of nitrogens with zero attached hydrogens (tertiary/aromatic N) is 1. The summed E-state index contributed by atoms with van der Waals surface area (Å²) in [6, 6.07) is 8.37. The Bertz CT molecular complexity index is 888. The summed E-state index contributed by atoms with van der Waals surface area (Å²) in [6.07, 6.45) is 1.12. The third kappa shape index (κ3) is 3.80. The molecule has 0 unspecified atom stereocenters. The fraction of sp³-hybridized carbons (Fsp3) is 0.300. The first-order valence-corrected chi connectivity index (χ1v) is 8.74. The maximum absolute atomic E-state index is 12.4.